The monoisotopic (exact) mass is 656 g/mol. The largest absolute Gasteiger partial charge is 0.488 e. The maximum atomic E-state index is 14.3. The molecular weight excluding hydrogens is 620 g/mol. The first-order valence-corrected chi connectivity index (χ1v) is 17.0. The molecule has 0 radical (unpaired) electrons. The maximum absolute atomic E-state index is 14.3. The van der Waals surface area contributed by atoms with Crippen LogP contribution in [-0.2, 0) is 16.0 Å². The van der Waals surface area contributed by atoms with E-state index in [1.807, 2.05) is 25.1 Å². The molecule has 1 unspecified atom stereocenters. The quantitative estimate of drug-likeness (QED) is 0.371. The van der Waals surface area contributed by atoms with Crippen molar-refractivity contribution in [3.05, 3.63) is 80.8 Å². The van der Waals surface area contributed by atoms with Crippen molar-refractivity contribution in [1.82, 2.24) is 19.7 Å². The predicted molar refractivity (Wildman–Crippen MR) is 171 cm³/mol. The summed E-state index contributed by atoms with van der Waals surface area (Å²) in [5.74, 6) is -3.11. The van der Waals surface area contributed by atoms with Crippen LogP contribution in [0.15, 0.2) is 48.7 Å². The highest BCUT2D eigenvalue weighted by atomic mass is 32.1. The van der Waals surface area contributed by atoms with E-state index < -0.39 is 35.7 Å². The summed E-state index contributed by atoms with van der Waals surface area (Å²) in [6.45, 7) is 3.00. The molecule has 12 heteroatoms. The third-order valence-corrected chi connectivity index (χ3v) is 10.9. The average Bonchev–Trinajstić information content (AvgIpc) is 3.80. The lowest BCUT2D eigenvalue weighted by molar-refractivity contribution is -0.153. The summed E-state index contributed by atoms with van der Waals surface area (Å²) >= 11 is 1.36. The van der Waals surface area contributed by atoms with Crippen LogP contribution in [0, 0.1) is 18.8 Å². The number of likely N-dealkylation sites (tertiary alicyclic amines) is 1. The number of aryl methyl sites for hydroxylation is 1. The van der Waals surface area contributed by atoms with Crippen LogP contribution in [0.2, 0.25) is 0 Å². The van der Waals surface area contributed by atoms with Gasteiger partial charge in [-0.05, 0) is 49.9 Å². The van der Waals surface area contributed by atoms with Gasteiger partial charge in [0.25, 0.3) is 17.7 Å². The van der Waals surface area contributed by atoms with Crippen LogP contribution in [0.3, 0.4) is 0 Å². The van der Waals surface area contributed by atoms with E-state index in [9.17, 15) is 29.1 Å². The number of amides is 4. The minimum atomic E-state index is -0.977. The summed E-state index contributed by atoms with van der Waals surface area (Å²) in [6, 6.07) is 11.6. The molecule has 47 heavy (non-hydrogen) atoms. The minimum Gasteiger partial charge on any atom is -0.488 e. The summed E-state index contributed by atoms with van der Waals surface area (Å²) in [7, 11) is 0. The summed E-state index contributed by atoms with van der Waals surface area (Å²) in [6.07, 6.45) is 4.85. The Morgan fingerprint density at radius 1 is 0.957 bits per heavy atom. The number of carboxylic acids is 1. The van der Waals surface area contributed by atoms with E-state index in [0.29, 0.717) is 72.6 Å². The smallest absolute Gasteiger partial charge is 0.307 e. The molecule has 4 amide bonds. The van der Waals surface area contributed by atoms with Gasteiger partial charge in [-0.15, -0.1) is 11.3 Å². The Balaban J connectivity index is 1.21. The third-order valence-electron chi connectivity index (χ3n) is 9.96. The Kier molecular flexibility index (Phi) is 8.29. The van der Waals surface area contributed by atoms with E-state index in [0.717, 1.165) is 23.4 Å². The SMILES string of the molecule is Cc1ncc(C(=O)N2CCC(Oc3cccc4c3[C@@H](CN3C(=O)c5ccccc5C3=O)N(C(=O)[C@@H]3CCCC[C@@H]3C(=O)O)CC4)C2)s1. The van der Waals surface area contributed by atoms with Gasteiger partial charge in [-0.1, -0.05) is 37.1 Å². The van der Waals surface area contributed by atoms with Gasteiger partial charge in [-0.3, -0.25) is 28.9 Å². The summed E-state index contributed by atoms with van der Waals surface area (Å²) in [5.41, 5.74) is 2.30. The van der Waals surface area contributed by atoms with E-state index in [1.165, 1.54) is 16.2 Å². The van der Waals surface area contributed by atoms with Crippen molar-refractivity contribution < 1.29 is 33.8 Å². The molecule has 4 aliphatic rings. The molecule has 2 aromatic carbocycles. The molecule has 244 valence electrons. The fraction of sp³-hybridized carbons (Fsp3) is 0.429. The van der Waals surface area contributed by atoms with Gasteiger partial charge in [-0.25, -0.2) is 4.98 Å². The van der Waals surface area contributed by atoms with E-state index in [1.54, 1.807) is 40.3 Å². The first kappa shape index (κ1) is 31.0. The molecule has 1 saturated heterocycles. The number of carbonyl (C=O) groups excluding carboxylic acids is 4. The van der Waals surface area contributed by atoms with E-state index in [-0.39, 0.29) is 24.5 Å². The van der Waals surface area contributed by atoms with Crippen LogP contribution in [0.25, 0.3) is 0 Å². The highest BCUT2D eigenvalue weighted by molar-refractivity contribution is 7.13. The zero-order valence-corrected chi connectivity index (χ0v) is 26.9. The van der Waals surface area contributed by atoms with E-state index in [2.05, 4.69) is 4.98 Å². The molecule has 11 nitrogen and oxygen atoms in total. The molecule has 2 fully saturated rings. The van der Waals surface area contributed by atoms with Gasteiger partial charge in [-0.2, -0.15) is 0 Å². The lowest BCUT2D eigenvalue weighted by Crippen LogP contribution is -2.50. The molecule has 0 spiro atoms. The molecule has 1 saturated carbocycles. The predicted octanol–water partition coefficient (Wildman–Crippen LogP) is 4.36. The number of thiazole rings is 1. The first-order chi connectivity index (χ1) is 22.7. The molecule has 4 atom stereocenters. The second-order valence-corrected chi connectivity index (χ2v) is 14.0. The molecule has 1 aromatic heterocycles. The Labute approximate surface area is 276 Å². The zero-order valence-electron chi connectivity index (χ0n) is 26.1. The number of rotatable bonds is 7. The van der Waals surface area contributed by atoms with Crippen molar-refractivity contribution in [2.75, 3.05) is 26.2 Å². The van der Waals surface area contributed by atoms with Crippen LogP contribution >= 0.6 is 11.3 Å². The van der Waals surface area contributed by atoms with Crippen LogP contribution in [0.4, 0.5) is 0 Å². The molecule has 3 aliphatic heterocycles. The maximum Gasteiger partial charge on any atom is 0.307 e. The number of carbonyl (C=O) groups is 5. The number of aliphatic carboxylic acids is 1. The number of hydrogen-bond acceptors (Lipinski definition) is 8. The summed E-state index contributed by atoms with van der Waals surface area (Å²) < 4.78 is 6.61. The van der Waals surface area contributed by atoms with E-state index >= 15 is 0 Å². The average molecular weight is 657 g/mol. The molecule has 1 N–H and O–H groups in total. The van der Waals surface area contributed by atoms with Gasteiger partial charge < -0.3 is 19.6 Å². The number of aromatic nitrogens is 1. The highest BCUT2D eigenvalue weighted by Crippen LogP contribution is 2.42. The van der Waals surface area contributed by atoms with Gasteiger partial charge in [0.1, 0.15) is 16.7 Å². The fourth-order valence-electron chi connectivity index (χ4n) is 7.61. The van der Waals surface area contributed by atoms with Gasteiger partial charge in [0.15, 0.2) is 0 Å². The van der Waals surface area contributed by atoms with Crippen LogP contribution in [0.1, 0.15) is 84.7 Å². The molecule has 7 rings (SSSR count). The van der Waals surface area contributed by atoms with Crippen molar-refractivity contribution in [3.8, 4) is 5.75 Å². The normalized spacial score (nSPS) is 23.9. The second-order valence-electron chi connectivity index (χ2n) is 12.8. The highest BCUT2D eigenvalue weighted by Gasteiger charge is 2.45. The Morgan fingerprint density at radius 2 is 1.68 bits per heavy atom. The number of ether oxygens (including phenoxy) is 1. The van der Waals surface area contributed by atoms with E-state index in [4.69, 9.17) is 4.74 Å². The molecule has 4 heterocycles. The Hall–Kier alpha value is -4.58. The van der Waals surface area contributed by atoms with Crippen molar-refractivity contribution in [3.63, 3.8) is 0 Å². The molecular formula is C35H36N4O7S. The summed E-state index contributed by atoms with van der Waals surface area (Å²) in [4.78, 5) is 76.2. The first-order valence-electron chi connectivity index (χ1n) is 16.2. The van der Waals surface area contributed by atoms with Crippen molar-refractivity contribution in [2.45, 2.75) is 57.6 Å². The van der Waals surface area contributed by atoms with Crippen molar-refractivity contribution in [1.29, 1.82) is 0 Å². The van der Waals surface area contributed by atoms with Crippen molar-refractivity contribution >= 4 is 40.9 Å². The van der Waals surface area contributed by atoms with Gasteiger partial charge in [0.05, 0.1) is 53.3 Å². The van der Waals surface area contributed by atoms with Crippen LogP contribution in [-0.4, -0.2) is 86.7 Å². The van der Waals surface area contributed by atoms with Gasteiger partial charge in [0, 0.05) is 25.1 Å². The number of carboxylic acid groups (broad SMARTS) is 1. The number of nitrogens with zero attached hydrogens (tertiary/aromatic N) is 4. The van der Waals surface area contributed by atoms with Gasteiger partial charge >= 0.3 is 5.97 Å². The molecule has 3 aromatic rings. The standard InChI is InChI=1S/C35H36N4O7S/c1-20-36-17-29(47-20)34(43)37-15-14-22(18-37)46-28-12-6-7-21-13-16-38(31(40)25-10-4-5-11-26(25)35(44)45)27(30(21)28)19-39-32(41)23-8-2-3-9-24(23)33(39)42/h2-3,6-9,12,17,22,25-27H,4-5,10-11,13-16,18-19H2,1H3,(H,44,45)/t22?,25-,26+,27-/m1/s1. The minimum absolute atomic E-state index is 0.0856. The third kappa shape index (κ3) is 5.68. The number of hydrogen-bond donors (Lipinski definition) is 1. The summed E-state index contributed by atoms with van der Waals surface area (Å²) in [5, 5.41) is 10.8. The van der Waals surface area contributed by atoms with Crippen molar-refractivity contribution in [2.24, 2.45) is 11.8 Å². The number of benzene rings is 2. The second kappa shape index (κ2) is 12.6. The lowest BCUT2D eigenvalue weighted by Gasteiger charge is -2.42. The number of fused-ring (bicyclic) bond motifs is 2. The molecule has 0 bridgehead atoms. The van der Waals surface area contributed by atoms with Crippen LogP contribution < -0.4 is 4.74 Å². The Bertz CT molecular complexity index is 1740. The number of imide groups is 1. The Morgan fingerprint density at radius 3 is 2.36 bits per heavy atom. The topological polar surface area (TPSA) is 137 Å². The zero-order chi connectivity index (χ0) is 32.8. The molecule has 1 aliphatic carbocycles. The van der Waals surface area contributed by atoms with Crippen LogP contribution in [0.5, 0.6) is 5.75 Å². The van der Waals surface area contributed by atoms with Gasteiger partial charge in [0.2, 0.25) is 5.91 Å². The fourth-order valence-corrected chi connectivity index (χ4v) is 8.36. The lowest BCUT2D eigenvalue weighted by atomic mass is 9.77.